The zero-order valence-electron chi connectivity index (χ0n) is 25.5. The van der Waals surface area contributed by atoms with E-state index in [2.05, 4.69) is 33.8 Å². The molecule has 0 aromatic heterocycles. The predicted octanol–water partition coefficient (Wildman–Crippen LogP) is 4.53. The van der Waals surface area contributed by atoms with Gasteiger partial charge in [0, 0.05) is 26.4 Å². The van der Waals surface area contributed by atoms with Crippen LogP contribution in [0.4, 0.5) is 0 Å². The third kappa shape index (κ3) is 6.73. The molecule has 0 amide bonds. The van der Waals surface area contributed by atoms with Crippen molar-refractivity contribution in [3.05, 3.63) is 47.1 Å². The summed E-state index contributed by atoms with van der Waals surface area (Å²) >= 11 is 0. The second kappa shape index (κ2) is 13.2. The molecule has 10 atom stereocenters. The summed E-state index contributed by atoms with van der Waals surface area (Å²) in [6.07, 6.45) is 11.2. The number of hydrogen-bond donors (Lipinski definition) is 3. The van der Waals surface area contributed by atoms with E-state index in [1.54, 1.807) is 25.2 Å². The van der Waals surface area contributed by atoms with Crippen LogP contribution in [0.2, 0.25) is 0 Å². The molecule has 8 nitrogen and oxygen atoms in total. The van der Waals surface area contributed by atoms with Crippen molar-refractivity contribution in [1.29, 1.82) is 0 Å². The number of fused-ring (bicyclic) bond motifs is 3. The quantitative estimate of drug-likeness (QED) is 0.333. The summed E-state index contributed by atoms with van der Waals surface area (Å²) in [7, 11) is 1.44. The Balaban J connectivity index is 1.76. The van der Waals surface area contributed by atoms with Gasteiger partial charge in [-0.15, -0.1) is 0 Å². The Morgan fingerprint density at radius 1 is 1.17 bits per heavy atom. The smallest absolute Gasteiger partial charge is 0.316 e. The summed E-state index contributed by atoms with van der Waals surface area (Å²) in [5.74, 6) is -2.13. The SMILES string of the molecule is CC[C@H]1O[C@]2(CC[C@@H]1C)C[C@@H]1C[C@@H](CC=C(C)C[C@@H](C)C=CC=C(CO)[C@]3(O)[C@H](O)[C@H](OC)C(C)=C[C@H]3C(=O)O1)O2. The maximum Gasteiger partial charge on any atom is 0.316 e. The molecule has 230 valence electrons. The number of methoxy groups -OCH3 is 1. The van der Waals surface area contributed by atoms with Gasteiger partial charge in [0.2, 0.25) is 0 Å². The van der Waals surface area contributed by atoms with Crippen LogP contribution >= 0.6 is 0 Å². The van der Waals surface area contributed by atoms with E-state index < -0.39 is 48.2 Å². The monoisotopic (exact) mass is 574 g/mol. The number of ether oxygens (including phenoxy) is 4. The molecule has 1 aliphatic carbocycles. The van der Waals surface area contributed by atoms with Crippen molar-refractivity contribution < 1.29 is 39.1 Å². The minimum Gasteiger partial charge on any atom is -0.462 e. The molecule has 4 rings (SSSR count). The van der Waals surface area contributed by atoms with Crippen molar-refractivity contribution in [2.75, 3.05) is 13.7 Å². The van der Waals surface area contributed by atoms with Crippen LogP contribution in [0.25, 0.3) is 0 Å². The maximum atomic E-state index is 13.9. The molecule has 2 bridgehead atoms. The number of carbonyl (C=O) groups excluding carboxylic acids is 1. The van der Waals surface area contributed by atoms with E-state index in [1.165, 1.54) is 12.7 Å². The molecule has 41 heavy (non-hydrogen) atoms. The third-order valence-corrected chi connectivity index (χ3v) is 9.51. The fourth-order valence-corrected chi connectivity index (χ4v) is 7.17. The molecule has 0 unspecified atom stereocenters. The highest BCUT2D eigenvalue weighted by atomic mass is 16.7. The van der Waals surface area contributed by atoms with Gasteiger partial charge in [0.15, 0.2) is 5.79 Å². The summed E-state index contributed by atoms with van der Waals surface area (Å²) in [6, 6.07) is 0. The number of allylic oxidation sites excluding steroid dienone is 4. The topological polar surface area (TPSA) is 115 Å². The van der Waals surface area contributed by atoms with Crippen LogP contribution in [-0.2, 0) is 23.7 Å². The molecule has 4 aliphatic rings. The summed E-state index contributed by atoms with van der Waals surface area (Å²) in [5, 5.41) is 33.9. The highest BCUT2D eigenvalue weighted by Gasteiger charge is 2.56. The van der Waals surface area contributed by atoms with E-state index in [4.69, 9.17) is 18.9 Å². The Labute approximate surface area is 245 Å². The highest BCUT2D eigenvalue weighted by Crippen LogP contribution is 2.45. The van der Waals surface area contributed by atoms with Crippen molar-refractivity contribution in [3.8, 4) is 0 Å². The average Bonchev–Trinajstić information content (AvgIpc) is 2.93. The van der Waals surface area contributed by atoms with Crippen molar-refractivity contribution >= 4 is 5.97 Å². The zero-order chi connectivity index (χ0) is 29.9. The van der Waals surface area contributed by atoms with Crippen molar-refractivity contribution in [1.82, 2.24) is 0 Å². The first-order valence-electron chi connectivity index (χ1n) is 15.3. The van der Waals surface area contributed by atoms with E-state index in [0.29, 0.717) is 30.8 Å². The number of rotatable bonds is 3. The number of carbonyl (C=O) groups is 1. The van der Waals surface area contributed by atoms with E-state index in [0.717, 1.165) is 25.7 Å². The van der Waals surface area contributed by atoms with Crippen LogP contribution in [-0.4, -0.2) is 76.9 Å². The number of aliphatic hydroxyl groups is 3. The molecule has 0 saturated carbocycles. The molecule has 3 heterocycles. The van der Waals surface area contributed by atoms with Crippen LogP contribution in [0.1, 0.15) is 79.6 Å². The Morgan fingerprint density at radius 2 is 1.93 bits per heavy atom. The lowest BCUT2D eigenvalue weighted by Crippen LogP contribution is -2.61. The van der Waals surface area contributed by atoms with Crippen LogP contribution in [0, 0.1) is 17.8 Å². The molecule has 1 spiro atoms. The van der Waals surface area contributed by atoms with Crippen molar-refractivity contribution in [3.63, 3.8) is 0 Å². The number of aliphatic hydroxyl groups excluding tert-OH is 2. The first kappa shape index (κ1) is 32.1. The zero-order valence-corrected chi connectivity index (χ0v) is 25.5. The molecule has 0 aromatic rings. The van der Waals surface area contributed by atoms with Crippen molar-refractivity contribution in [2.45, 2.75) is 121 Å². The lowest BCUT2D eigenvalue weighted by Gasteiger charge is -2.50. The van der Waals surface area contributed by atoms with Gasteiger partial charge in [-0.1, -0.05) is 56.7 Å². The Bertz CT molecular complexity index is 1060. The van der Waals surface area contributed by atoms with Crippen LogP contribution in [0.15, 0.2) is 47.1 Å². The molecular formula is C33H50O8. The Hall–Kier alpha value is -1.81. The highest BCUT2D eigenvalue weighted by molar-refractivity contribution is 5.78. The molecule has 2 fully saturated rings. The molecule has 0 aromatic carbocycles. The molecule has 3 aliphatic heterocycles. The van der Waals surface area contributed by atoms with Gasteiger partial charge in [-0.2, -0.15) is 0 Å². The van der Waals surface area contributed by atoms with Gasteiger partial charge in [0.05, 0.1) is 18.8 Å². The third-order valence-electron chi connectivity index (χ3n) is 9.51. The van der Waals surface area contributed by atoms with Gasteiger partial charge >= 0.3 is 5.97 Å². The summed E-state index contributed by atoms with van der Waals surface area (Å²) in [5.41, 5.74) is -0.164. The average molecular weight is 575 g/mol. The van der Waals surface area contributed by atoms with Crippen LogP contribution in [0.3, 0.4) is 0 Å². The minimum atomic E-state index is -2.13. The number of hydrogen-bond acceptors (Lipinski definition) is 8. The van der Waals surface area contributed by atoms with Crippen LogP contribution in [0.5, 0.6) is 0 Å². The second-order valence-corrected chi connectivity index (χ2v) is 12.7. The lowest BCUT2D eigenvalue weighted by atomic mass is 9.69. The fourth-order valence-electron chi connectivity index (χ4n) is 7.17. The van der Waals surface area contributed by atoms with Gasteiger partial charge in [-0.25, -0.2) is 0 Å². The van der Waals surface area contributed by atoms with Gasteiger partial charge in [-0.05, 0) is 62.5 Å². The summed E-state index contributed by atoms with van der Waals surface area (Å²) < 4.78 is 25.0. The van der Waals surface area contributed by atoms with Gasteiger partial charge in [0.25, 0.3) is 0 Å². The normalized spacial score (nSPS) is 42.6. The van der Waals surface area contributed by atoms with Crippen LogP contribution < -0.4 is 0 Å². The van der Waals surface area contributed by atoms with Gasteiger partial charge in [0.1, 0.15) is 29.8 Å². The van der Waals surface area contributed by atoms with Gasteiger partial charge in [-0.3, -0.25) is 4.79 Å². The second-order valence-electron chi connectivity index (χ2n) is 12.7. The van der Waals surface area contributed by atoms with E-state index in [-0.39, 0.29) is 23.7 Å². The largest absolute Gasteiger partial charge is 0.462 e. The Kier molecular flexibility index (Phi) is 10.4. The maximum absolute atomic E-state index is 13.9. The Morgan fingerprint density at radius 3 is 2.61 bits per heavy atom. The molecular weight excluding hydrogens is 524 g/mol. The summed E-state index contributed by atoms with van der Waals surface area (Å²) in [6.45, 7) is 9.73. The number of esters is 1. The van der Waals surface area contributed by atoms with E-state index in [1.807, 2.05) is 6.08 Å². The minimum absolute atomic E-state index is 0.0639. The molecule has 3 N–H and O–H groups in total. The molecule has 8 heteroatoms. The standard InChI is InChI=1S/C33H50O8/c1-7-28-22(4)13-14-32(41-28)18-26-17-25(40-32)12-11-21(3)15-20(2)9-8-10-24(19-34)33(37)27(31(36)39-26)16-23(5)29(38-6)30(33)35/h8-11,16,20,22,25-30,34-35,37H,7,12-15,17-19H2,1-6H3/t20-,22-,25+,26-,27-,28+,29+,30+,32+,33+/m0/s1. The molecule has 2 saturated heterocycles. The lowest BCUT2D eigenvalue weighted by molar-refractivity contribution is -0.335. The van der Waals surface area contributed by atoms with Crippen molar-refractivity contribution in [2.24, 2.45) is 17.8 Å². The van der Waals surface area contributed by atoms with Gasteiger partial charge < -0.3 is 34.3 Å². The van der Waals surface area contributed by atoms with E-state index >= 15 is 0 Å². The molecule has 0 radical (unpaired) electrons. The first-order valence-corrected chi connectivity index (χ1v) is 15.3. The van der Waals surface area contributed by atoms with E-state index in [9.17, 15) is 20.1 Å². The fraction of sp³-hybridized carbons (Fsp3) is 0.727. The summed E-state index contributed by atoms with van der Waals surface area (Å²) in [4.78, 5) is 13.9. The first-order chi connectivity index (χ1) is 19.5. The predicted molar refractivity (Wildman–Crippen MR) is 156 cm³/mol.